The van der Waals surface area contributed by atoms with Gasteiger partial charge in [0.05, 0.1) is 0 Å². The van der Waals surface area contributed by atoms with E-state index < -0.39 is 0 Å². The molecule has 2 heterocycles. The van der Waals surface area contributed by atoms with E-state index in [1.165, 1.54) is 5.56 Å². The minimum Gasteiger partial charge on any atom is -0.324 e. The van der Waals surface area contributed by atoms with E-state index in [-0.39, 0.29) is 17.9 Å². The van der Waals surface area contributed by atoms with Crippen LogP contribution in [0.3, 0.4) is 0 Å². The van der Waals surface area contributed by atoms with Gasteiger partial charge in [-0.15, -0.1) is 5.10 Å². The summed E-state index contributed by atoms with van der Waals surface area (Å²) in [6.45, 7) is 5.75. The zero-order valence-corrected chi connectivity index (χ0v) is 16.2. The van der Waals surface area contributed by atoms with E-state index in [1.54, 1.807) is 0 Å². The number of aryl methyl sites for hydroxylation is 1. The quantitative estimate of drug-likeness (QED) is 0.718. The topological polar surface area (TPSA) is 71.8 Å². The Morgan fingerprint density at radius 2 is 1.82 bits per heavy atom. The van der Waals surface area contributed by atoms with Gasteiger partial charge in [0.1, 0.15) is 6.04 Å². The molecule has 1 amide bonds. The van der Waals surface area contributed by atoms with Crippen molar-refractivity contribution in [3.05, 3.63) is 77.4 Å². The SMILES string of the molecule is Cc1ccc([C@H]2C=C(c3ccccc3)Nc3nc(NC(=O)C(C)C)nn32)cc1. The summed E-state index contributed by atoms with van der Waals surface area (Å²) in [5, 5.41) is 10.7. The molecule has 28 heavy (non-hydrogen) atoms. The molecule has 3 aromatic rings. The summed E-state index contributed by atoms with van der Waals surface area (Å²) in [4.78, 5) is 16.6. The molecule has 6 nitrogen and oxygen atoms in total. The molecule has 4 rings (SSSR count). The summed E-state index contributed by atoms with van der Waals surface area (Å²) in [5.74, 6) is 0.664. The molecule has 0 aliphatic carbocycles. The van der Waals surface area contributed by atoms with E-state index in [9.17, 15) is 4.79 Å². The molecule has 0 radical (unpaired) electrons. The van der Waals surface area contributed by atoms with E-state index in [0.29, 0.717) is 11.9 Å². The van der Waals surface area contributed by atoms with Crippen LogP contribution in [-0.4, -0.2) is 20.7 Å². The summed E-state index contributed by atoms with van der Waals surface area (Å²) in [6.07, 6.45) is 2.13. The number of nitrogens with one attached hydrogen (secondary N) is 2. The summed E-state index contributed by atoms with van der Waals surface area (Å²) in [6, 6.07) is 18.4. The van der Waals surface area contributed by atoms with Crippen molar-refractivity contribution in [2.75, 3.05) is 10.6 Å². The molecule has 2 aromatic carbocycles. The number of rotatable bonds is 4. The highest BCUT2D eigenvalue weighted by molar-refractivity contribution is 5.90. The van der Waals surface area contributed by atoms with Crippen LogP contribution in [-0.2, 0) is 4.79 Å². The predicted octanol–water partition coefficient (Wildman–Crippen LogP) is 4.24. The monoisotopic (exact) mass is 373 g/mol. The van der Waals surface area contributed by atoms with E-state index in [2.05, 4.69) is 70.1 Å². The first-order valence-corrected chi connectivity index (χ1v) is 9.39. The summed E-state index contributed by atoms with van der Waals surface area (Å²) in [5.41, 5.74) is 4.34. The van der Waals surface area contributed by atoms with Crippen LogP contribution in [0.1, 0.15) is 36.6 Å². The van der Waals surface area contributed by atoms with Crippen LogP contribution in [0.5, 0.6) is 0 Å². The second kappa shape index (κ2) is 7.31. The minimum atomic E-state index is -0.139. The maximum atomic E-state index is 12.1. The van der Waals surface area contributed by atoms with Gasteiger partial charge in [-0.3, -0.25) is 10.1 Å². The Hall–Kier alpha value is -3.41. The van der Waals surface area contributed by atoms with Crippen molar-refractivity contribution in [2.45, 2.75) is 26.8 Å². The molecule has 0 bridgehead atoms. The molecule has 1 aliphatic heterocycles. The molecule has 1 aliphatic rings. The van der Waals surface area contributed by atoms with E-state index in [4.69, 9.17) is 0 Å². The van der Waals surface area contributed by atoms with Crippen LogP contribution >= 0.6 is 0 Å². The van der Waals surface area contributed by atoms with Crippen molar-refractivity contribution in [3.8, 4) is 0 Å². The lowest BCUT2D eigenvalue weighted by Crippen LogP contribution is -2.20. The van der Waals surface area contributed by atoms with Gasteiger partial charge in [-0.1, -0.05) is 74.0 Å². The molecule has 1 aromatic heterocycles. The lowest BCUT2D eigenvalue weighted by molar-refractivity contribution is -0.118. The average Bonchev–Trinajstić information content (AvgIpc) is 3.11. The van der Waals surface area contributed by atoms with Crippen LogP contribution in [0.2, 0.25) is 0 Å². The molecule has 0 spiro atoms. The number of nitrogens with zero attached hydrogens (tertiary/aromatic N) is 3. The van der Waals surface area contributed by atoms with E-state index in [1.807, 2.05) is 36.7 Å². The van der Waals surface area contributed by atoms with Crippen molar-refractivity contribution in [2.24, 2.45) is 5.92 Å². The van der Waals surface area contributed by atoms with Crippen molar-refractivity contribution >= 4 is 23.5 Å². The van der Waals surface area contributed by atoms with Gasteiger partial charge in [0.25, 0.3) is 5.95 Å². The highest BCUT2D eigenvalue weighted by atomic mass is 16.2. The number of carbonyl (C=O) groups excluding carboxylic acids is 1. The fourth-order valence-corrected chi connectivity index (χ4v) is 3.09. The van der Waals surface area contributed by atoms with Crippen molar-refractivity contribution < 1.29 is 4.79 Å². The number of aromatic nitrogens is 3. The predicted molar refractivity (Wildman–Crippen MR) is 111 cm³/mol. The molecular formula is C22H23N5O. The van der Waals surface area contributed by atoms with Gasteiger partial charge in [0.15, 0.2) is 0 Å². The van der Waals surface area contributed by atoms with Crippen molar-refractivity contribution in [3.63, 3.8) is 0 Å². The van der Waals surface area contributed by atoms with Crippen LogP contribution in [0.4, 0.5) is 11.9 Å². The number of anilines is 2. The molecule has 6 heteroatoms. The molecule has 0 fully saturated rings. The molecule has 142 valence electrons. The highest BCUT2D eigenvalue weighted by Crippen LogP contribution is 2.33. The second-order valence-electron chi connectivity index (χ2n) is 7.27. The van der Waals surface area contributed by atoms with Crippen molar-refractivity contribution in [1.82, 2.24) is 14.8 Å². The summed E-state index contributed by atoms with van der Waals surface area (Å²) >= 11 is 0. The van der Waals surface area contributed by atoms with Gasteiger partial charge >= 0.3 is 0 Å². The molecule has 0 unspecified atom stereocenters. The maximum Gasteiger partial charge on any atom is 0.250 e. The Morgan fingerprint density at radius 3 is 2.50 bits per heavy atom. The van der Waals surface area contributed by atoms with Crippen LogP contribution in [0, 0.1) is 12.8 Å². The first-order valence-electron chi connectivity index (χ1n) is 9.39. The Bertz CT molecular complexity index is 1020. The number of hydrogen-bond acceptors (Lipinski definition) is 4. The number of fused-ring (bicyclic) bond motifs is 1. The van der Waals surface area contributed by atoms with Gasteiger partial charge in [0, 0.05) is 11.6 Å². The molecule has 0 saturated heterocycles. The summed E-state index contributed by atoms with van der Waals surface area (Å²) < 4.78 is 1.81. The largest absolute Gasteiger partial charge is 0.324 e. The standard InChI is InChI=1S/C22H23N5O/c1-14(2)20(28)24-21-25-22-23-18(16-7-5-4-6-8-16)13-19(27(22)26-21)17-11-9-15(3)10-12-17/h4-14,19H,1-3H3,(H2,23,24,25,26,28)/t19-/m1/s1. The molecule has 1 atom stereocenters. The lowest BCUT2D eigenvalue weighted by Gasteiger charge is -2.24. The fraction of sp³-hybridized carbons (Fsp3) is 0.227. The minimum absolute atomic E-state index is 0.105. The molecular weight excluding hydrogens is 350 g/mol. The second-order valence-corrected chi connectivity index (χ2v) is 7.27. The van der Waals surface area contributed by atoms with Gasteiger partial charge in [0.2, 0.25) is 11.9 Å². The first-order chi connectivity index (χ1) is 13.5. The molecule has 2 N–H and O–H groups in total. The number of carbonyl (C=O) groups is 1. The zero-order chi connectivity index (χ0) is 19.7. The highest BCUT2D eigenvalue weighted by Gasteiger charge is 2.26. The third-order valence-corrected chi connectivity index (χ3v) is 4.73. The van der Waals surface area contributed by atoms with Crippen LogP contribution in [0.15, 0.2) is 60.7 Å². The Morgan fingerprint density at radius 1 is 1.11 bits per heavy atom. The normalized spacial score (nSPS) is 15.6. The smallest absolute Gasteiger partial charge is 0.250 e. The van der Waals surface area contributed by atoms with Gasteiger partial charge < -0.3 is 5.32 Å². The third kappa shape index (κ3) is 3.53. The summed E-state index contributed by atoms with van der Waals surface area (Å²) in [7, 11) is 0. The third-order valence-electron chi connectivity index (χ3n) is 4.73. The van der Waals surface area contributed by atoms with Gasteiger partial charge in [-0.05, 0) is 24.1 Å². The van der Waals surface area contributed by atoms with Crippen LogP contribution < -0.4 is 10.6 Å². The van der Waals surface area contributed by atoms with E-state index >= 15 is 0 Å². The number of benzene rings is 2. The maximum absolute atomic E-state index is 12.1. The zero-order valence-electron chi connectivity index (χ0n) is 16.2. The average molecular weight is 373 g/mol. The fourth-order valence-electron chi connectivity index (χ4n) is 3.09. The number of amides is 1. The van der Waals surface area contributed by atoms with E-state index in [0.717, 1.165) is 16.8 Å². The lowest BCUT2D eigenvalue weighted by atomic mass is 10.0. The Kier molecular flexibility index (Phi) is 4.69. The Balaban J connectivity index is 1.75. The number of hydrogen-bond donors (Lipinski definition) is 2. The number of allylic oxidation sites excluding steroid dienone is 1. The Labute approximate surface area is 164 Å². The van der Waals surface area contributed by atoms with Gasteiger partial charge in [-0.2, -0.15) is 4.98 Å². The van der Waals surface area contributed by atoms with Gasteiger partial charge in [-0.25, -0.2) is 4.68 Å². The molecule has 0 saturated carbocycles. The van der Waals surface area contributed by atoms with Crippen molar-refractivity contribution in [1.29, 1.82) is 0 Å². The van der Waals surface area contributed by atoms with Crippen LogP contribution in [0.25, 0.3) is 5.70 Å². The first kappa shape index (κ1) is 18.0.